The Labute approximate surface area is 185 Å². The van der Waals surface area contributed by atoms with E-state index in [0.717, 1.165) is 17.0 Å². The van der Waals surface area contributed by atoms with Crippen LogP contribution in [0.15, 0.2) is 54.6 Å². The van der Waals surface area contributed by atoms with E-state index in [1.165, 1.54) is 0 Å². The van der Waals surface area contributed by atoms with Crippen LogP contribution in [0.25, 0.3) is 0 Å². The summed E-state index contributed by atoms with van der Waals surface area (Å²) >= 11 is 8.77. The predicted octanol–water partition coefficient (Wildman–Crippen LogP) is 0.706. The van der Waals surface area contributed by atoms with Crippen molar-refractivity contribution in [3.05, 3.63) is 60.2 Å². The van der Waals surface area contributed by atoms with Crippen LogP contribution in [-0.4, -0.2) is 11.0 Å². The third-order valence-electron chi connectivity index (χ3n) is 2.37. The van der Waals surface area contributed by atoms with E-state index in [2.05, 4.69) is 29.6 Å². The van der Waals surface area contributed by atoms with Gasteiger partial charge >= 0.3 is 51.4 Å². The largest absolute Gasteiger partial charge is 1.00 e. The molecule has 0 unspecified atom stereocenters. The van der Waals surface area contributed by atoms with E-state index in [1.807, 2.05) is 61.5 Å². The molecule has 112 valence electrons. The van der Waals surface area contributed by atoms with Gasteiger partial charge in [0.2, 0.25) is 0 Å². The van der Waals surface area contributed by atoms with Gasteiger partial charge in [-0.05, 0) is 24.6 Å². The van der Waals surface area contributed by atoms with Gasteiger partial charge < -0.3 is 40.1 Å². The van der Waals surface area contributed by atoms with Gasteiger partial charge in [0.05, 0.1) is 6.61 Å². The summed E-state index contributed by atoms with van der Waals surface area (Å²) in [6, 6.07) is 17.5. The molecule has 0 heterocycles. The molecule has 0 aliphatic carbocycles. The van der Waals surface area contributed by atoms with Crippen LogP contribution in [0.4, 0.5) is 5.69 Å². The van der Waals surface area contributed by atoms with Crippen molar-refractivity contribution in [2.24, 2.45) is 0 Å². The Bertz CT molecular complexity index is 553. The topological polar surface area (TPSA) is 44.5 Å². The average molecular weight is 360 g/mol. The van der Waals surface area contributed by atoms with E-state index in [-0.39, 0.29) is 55.8 Å². The molecular weight excluding hydrogens is 341 g/mol. The molecule has 2 N–H and O–H groups in total. The van der Waals surface area contributed by atoms with Gasteiger partial charge in [-0.1, -0.05) is 36.4 Å². The molecule has 0 bridgehead atoms. The van der Waals surface area contributed by atoms with Crippen LogP contribution in [-0.2, 0) is 24.0 Å². The quantitative estimate of drug-likeness (QED) is 0.377. The van der Waals surface area contributed by atoms with Gasteiger partial charge in [-0.25, -0.2) is 0 Å². The van der Waals surface area contributed by atoms with Gasteiger partial charge in [-0.2, -0.15) is 0 Å². The standard InChI is InChI=1S/C13H13NO.C3H6OS2.K/c14-12-7-4-8-13(9-12)15-10-11-5-2-1-3-6-11;1-2-4-3(5)6;/h1-9H,10,14H2;2H2,1H3,(H,5,6);/q;;+1/p-1. The van der Waals surface area contributed by atoms with E-state index in [4.69, 9.17) is 10.5 Å². The molecule has 6 heteroatoms. The van der Waals surface area contributed by atoms with Crippen LogP contribution < -0.4 is 61.9 Å². The number of benzene rings is 2. The molecule has 2 aromatic rings. The summed E-state index contributed by atoms with van der Waals surface area (Å²) in [6.07, 6.45) is 0. The first-order chi connectivity index (χ1) is 10.1. The molecule has 2 aromatic carbocycles. The molecule has 0 amide bonds. The summed E-state index contributed by atoms with van der Waals surface area (Å²) in [7, 11) is 0. The van der Waals surface area contributed by atoms with Crippen LogP contribution in [0.2, 0.25) is 0 Å². The van der Waals surface area contributed by atoms with Crippen molar-refractivity contribution in [2.45, 2.75) is 13.5 Å². The molecule has 22 heavy (non-hydrogen) atoms. The number of nitrogen functional groups attached to an aromatic ring is 1. The number of anilines is 1. The first kappa shape index (κ1) is 21.8. The van der Waals surface area contributed by atoms with Gasteiger partial charge in [0, 0.05) is 16.1 Å². The molecule has 0 radical (unpaired) electrons. The van der Waals surface area contributed by atoms with Crippen LogP contribution in [0, 0.1) is 0 Å². The molecule has 0 aliphatic rings. The number of ether oxygens (including phenoxy) is 2. The Morgan fingerprint density at radius 3 is 2.32 bits per heavy atom. The molecule has 0 atom stereocenters. The minimum absolute atomic E-state index is 0. The van der Waals surface area contributed by atoms with Crippen molar-refractivity contribution in [1.82, 2.24) is 0 Å². The molecule has 3 nitrogen and oxygen atoms in total. The fourth-order valence-corrected chi connectivity index (χ4v) is 1.70. The first-order valence-corrected chi connectivity index (χ1v) is 7.29. The van der Waals surface area contributed by atoms with Crippen LogP contribution in [0.1, 0.15) is 12.5 Å². The molecule has 0 saturated heterocycles. The van der Waals surface area contributed by atoms with Crippen molar-refractivity contribution in [1.29, 1.82) is 0 Å². The monoisotopic (exact) mass is 359 g/mol. The zero-order valence-electron chi connectivity index (χ0n) is 12.8. The van der Waals surface area contributed by atoms with E-state index < -0.39 is 0 Å². The van der Waals surface area contributed by atoms with Gasteiger partial charge in [0.25, 0.3) is 0 Å². The molecule has 0 spiro atoms. The average Bonchev–Trinajstić information content (AvgIpc) is 2.47. The molecule has 0 saturated carbocycles. The molecule has 0 aromatic heterocycles. The third-order valence-corrected chi connectivity index (χ3v) is 2.60. The van der Waals surface area contributed by atoms with Crippen molar-refractivity contribution in [2.75, 3.05) is 12.3 Å². The maximum atomic E-state index is 5.65. The number of thiocarbonyl (C=S) groups is 1. The summed E-state index contributed by atoms with van der Waals surface area (Å²) in [6.45, 7) is 3.01. The van der Waals surface area contributed by atoms with Crippen molar-refractivity contribution in [3.63, 3.8) is 0 Å². The summed E-state index contributed by atoms with van der Waals surface area (Å²) in [5.74, 6) is 0.804. The normalized spacial score (nSPS) is 8.77. The summed E-state index contributed by atoms with van der Waals surface area (Å²) < 4.78 is 10.4. The predicted molar refractivity (Wildman–Crippen MR) is 93.2 cm³/mol. The van der Waals surface area contributed by atoms with E-state index in [9.17, 15) is 0 Å². The molecule has 0 fully saturated rings. The minimum Gasteiger partial charge on any atom is -0.514 e. The van der Waals surface area contributed by atoms with E-state index in [0.29, 0.717) is 13.2 Å². The second kappa shape index (κ2) is 13.2. The van der Waals surface area contributed by atoms with Gasteiger partial charge in [0.1, 0.15) is 12.4 Å². The summed E-state index contributed by atoms with van der Waals surface area (Å²) in [5.41, 5.74) is 7.52. The fraction of sp³-hybridized carbons (Fsp3) is 0.188. The minimum atomic E-state index is 0. The number of hydrogen-bond donors (Lipinski definition) is 1. The van der Waals surface area contributed by atoms with Crippen LogP contribution in [0.3, 0.4) is 0 Å². The summed E-state index contributed by atoms with van der Waals surface area (Å²) in [5, 5.41) is 0. The molecule has 2 rings (SSSR count). The number of nitrogens with two attached hydrogens (primary N) is 1. The van der Waals surface area contributed by atoms with E-state index in [1.54, 1.807) is 0 Å². The zero-order chi connectivity index (χ0) is 15.5. The molecule has 0 aliphatic heterocycles. The molecular formula is C16H18KNO2S2. The number of rotatable bonds is 4. The van der Waals surface area contributed by atoms with Crippen molar-refractivity contribution in [3.8, 4) is 5.75 Å². The maximum absolute atomic E-state index is 5.65. The Hall–Kier alpha value is -0.214. The van der Waals surface area contributed by atoms with Crippen LogP contribution in [0.5, 0.6) is 5.75 Å². The van der Waals surface area contributed by atoms with Gasteiger partial charge in [-0.3, -0.25) is 0 Å². The first-order valence-electron chi connectivity index (χ1n) is 6.48. The zero-order valence-corrected chi connectivity index (χ0v) is 17.6. The Morgan fingerprint density at radius 1 is 1.14 bits per heavy atom. The van der Waals surface area contributed by atoms with E-state index >= 15 is 0 Å². The second-order valence-corrected chi connectivity index (χ2v) is 5.03. The second-order valence-electron chi connectivity index (χ2n) is 4.03. The fourth-order valence-electron chi connectivity index (χ4n) is 1.46. The Balaban J connectivity index is 0.000000546. The van der Waals surface area contributed by atoms with Gasteiger partial charge in [0.15, 0.2) is 0 Å². The van der Waals surface area contributed by atoms with Crippen LogP contribution >= 0.6 is 12.2 Å². The SMILES string of the molecule is CCOC(=S)[S-].Nc1cccc(OCc2ccccc2)c1.[K+]. The number of hydrogen-bond acceptors (Lipinski definition) is 5. The van der Waals surface area contributed by atoms with Crippen molar-refractivity contribution >= 4 is 34.9 Å². The van der Waals surface area contributed by atoms with Gasteiger partial charge in [-0.15, -0.1) is 0 Å². The smallest absolute Gasteiger partial charge is 0.514 e. The Morgan fingerprint density at radius 2 is 1.82 bits per heavy atom. The Kier molecular flexibility index (Phi) is 13.1. The maximum Gasteiger partial charge on any atom is 1.00 e. The third kappa shape index (κ3) is 10.5. The summed E-state index contributed by atoms with van der Waals surface area (Å²) in [4.78, 5) is 0. The van der Waals surface area contributed by atoms with Crippen molar-refractivity contribution < 1.29 is 60.9 Å².